The maximum atomic E-state index is 12.5. The molecule has 2 aliphatic heterocycles. The van der Waals surface area contributed by atoms with Crippen LogP contribution in [0.3, 0.4) is 0 Å². The van der Waals surface area contributed by atoms with Crippen molar-refractivity contribution >= 4 is 11.8 Å². The fourth-order valence-corrected chi connectivity index (χ4v) is 3.73. The van der Waals surface area contributed by atoms with Crippen LogP contribution in [0.1, 0.15) is 23.3 Å². The molecule has 0 unspecified atom stereocenters. The lowest BCUT2D eigenvalue weighted by molar-refractivity contribution is -0.131. The maximum absolute atomic E-state index is 12.5. The van der Waals surface area contributed by atoms with Crippen LogP contribution in [0.5, 0.6) is 0 Å². The average molecular weight is 287 g/mol. The average Bonchev–Trinajstić information content (AvgIpc) is 2.90. The number of likely N-dealkylation sites (tertiary alicyclic amines) is 2. The van der Waals surface area contributed by atoms with E-state index in [1.807, 2.05) is 39.7 Å². The van der Waals surface area contributed by atoms with Crippen molar-refractivity contribution in [2.75, 3.05) is 26.2 Å². The van der Waals surface area contributed by atoms with E-state index in [4.69, 9.17) is 0 Å². The van der Waals surface area contributed by atoms with E-state index < -0.39 is 0 Å². The van der Waals surface area contributed by atoms with Gasteiger partial charge in [-0.05, 0) is 30.9 Å². The molecule has 2 saturated heterocycles. The van der Waals surface area contributed by atoms with Crippen LogP contribution in [0, 0.1) is 17.8 Å². The molecule has 1 saturated carbocycles. The number of aromatic nitrogens is 1. The van der Waals surface area contributed by atoms with Gasteiger partial charge in [-0.2, -0.15) is 0 Å². The third-order valence-electron chi connectivity index (χ3n) is 5.15. The van der Waals surface area contributed by atoms with E-state index in [9.17, 15) is 9.59 Å². The van der Waals surface area contributed by atoms with E-state index in [0.29, 0.717) is 18.2 Å². The summed E-state index contributed by atoms with van der Waals surface area (Å²) in [6, 6.07) is 3.73. The molecular weight excluding hydrogens is 266 g/mol. The number of fused-ring (bicyclic) bond motifs is 1. The number of carbonyl (C=O) groups is 2. The van der Waals surface area contributed by atoms with Gasteiger partial charge in [0.05, 0.1) is 5.92 Å². The summed E-state index contributed by atoms with van der Waals surface area (Å²) in [4.78, 5) is 28.9. The third kappa shape index (κ3) is 2.15. The van der Waals surface area contributed by atoms with Gasteiger partial charge in [0, 0.05) is 45.3 Å². The zero-order valence-corrected chi connectivity index (χ0v) is 12.4. The van der Waals surface area contributed by atoms with Crippen molar-refractivity contribution in [2.45, 2.75) is 12.8 Å². The lowest BCUT2D eigenvalue weighted by Crippen LogP contribution is -2.37. The lowest BCUT2D eigenvalue weighted by Gasteiger charge is -2.22. The zero-order valence-electron chi connectivity index (χ0n) is 12.4. The summed E-state index contributed by atoms with van der Waals surface area (Å²) < 4.78 is 1.84. The van der Waals surface area contributed by atoms with Crippen LogP contribution in [-0.4, -0.2) is 52.4 Å². The number of carbonyl (C=O) groups excluding carboxylic acids is 2. The van der Waals surface area contributed by atoms with Crippen molar-refractivity contribution in [1.29, 1.82) is 0 Å². The van der Waals surface area contributed by atoms with E-state index in [-0.39, 0.29) is 17.7 Å². The highest BCUT2D eigenvalue weighted by Gasteiger charge is 2.48. The van der Waals surface area contributed by atoms with Crippen LogP contribution in [0.15, 0.2) is 18.3 Å². The Balaban J connectivity index is 1.44. The number of amides is 2. The standard InChI is InChI=1S/C16H21N3O2/c1-17-6-2-3-14(17)16(21)19-9-12-8-18(7-11-4-5-11)15(20)13(12)10-19/h2-3,6,11-13H,4-5,7-10H2,1H3/t12-,13+/m0/s1. The minimum Gasteiger partial charge on any atom is -0.347 e. The molecule has 2 amide bonds. The van der Waals surface area contributed by atoms with Crippen LogP contribution in [-0.2, 0) is 11.8 Å². The van der Waals surface area contributed by atoms with Gasteiger partial charge in [-0.15, -0.1) is 0 Å². The van der Waals surface area contributed by atoms with Gasteiger partial charge in [-0.1, -0.05) is 0 Å². The quantitative estimate of drug-likeness (QED) is 0.831. The highest BCUT2D eigenvalue weighted by molar-refractivity contribution is 5.94. The highest BCUT2D eigenvalue weighted by Crippen LogP contribution is 2.36. The third-order valence-corrected chi connectivity index (χ3v) is 5.15. The summed E-state index contributed by atoms with van der Waals surface area (Å²) in [5.74, 6) is 1.44. The molecule has 21 heavy (non-hydrogen) atoms. The Bertz CT molecular complexity index is 590. The van der Waals surface area contributed by atoms with Crippen molar-refractivity contribution in [1.82, 2.24) is 14.4 Å². The molecule has 1 aliphatic carbocycles. The predicted octanol–water partition coefficient (Wildman–Crippen LogP) is 0.965. The molecule has 3 aliphatic rings. The minimum absolute atomic E-state index is 0.0352. The molecular formula is C16H21N3O2. The number of nitrogens with zero attached hydrogens (tertiary/aromatic N) is 3. The van der Waals surface area contributed by atoms with Crippen molar-refractivity contribution < 1.29 is 9.59 Å². The second-order valence-corrected chi connectivity index (χ2v) is 6.77. The van der Waals surface area contributed by atoms with Gasteiger partial charge in [0.2, 0.25) is 5.91 Å². The van der Waals surface area contributed by atoms with Crippen molar-refractivity contribution in [2.24, 2.45) is 24.8 Å². The fourth-order valence-electron chi connectivity index (χ4n) is 3.73. The summed E-state index contributed by atoms with van der Waals surface area (Å²) in [7, 11) is 1.88. The SMILES string of the molecule is Cn1cccc1C(=O)N1C[C@@H]2CN(CC3CC3)C(=O)[C@@H]2C1. The molecule has 2 atom stereocenters. The van der Waals surface area contributed by atoms with Crippen molar-refractivity contribution in [3.8, 4) is 0 Å². The van der Waals surface area contributed by atoms with E-state index >= 15 is 0 Å². The molecule has 3 heterocycles. The molecule has 0 N–H and O–H groups in total. The molecule has 0 bridgehead atoms. The Morgan fingerprint density at radius 1 is 1.29 bits per heavy atom. The van der Waals surface area contributed by atoms with E-state index in [1.165, 1.54) is 12.8 Å². The summed E-state index contributed by atoms with van der Waals surface area (Å²) >= 11 is 0. The molecule has 5 nitrogen and oxygen atoms in total. The van der Waals surface area contributed by atoms with Gasteiger partial charge in [0.25, 0.3) is 5.91 Å². The van der Waals surface area contributed by atoms with Gasteiger partial charge < -0.3 is 14.4 Å². The summed E-state index contributed by atoms with van der Waals surface area (Å²) in [5.41, 5.74) is 0.706. The van der Waals surface area contributed by atoms with Gasteiger partial charge >= 0.3 is 0 Å². The largest absolute Gasteiger partial charge is 0.347 e. The molecule has 4 rings (SSSR count). The molecule has 3 fully saturated rings. The van der Waals surface area contributed by atoms with Gasteiger partial charge in [0.15, 0.2) is 0 Å². The summed E-state index contributed by atoms with van der Waals surface area (Å²) in [5, 5.41) is 0. The van der Waals surface area contributed by atoms with Crippen molar-refractivity contribution in [3.63, 3.8) is 0 Å². The molecule has 1 aromatic rings. The van der Waals surface area contributed by atoms with Crippen molar-refractivity contribution in [3.05, 3.63) is 24.0 Å². The van der Waals surface area contributed by atoms with Crippen LogP contribution < -0.4 is 0 Å². The number of hydrogen-bond acceptors (Lipinski definition) is 2. The monoisotopic (exact) mass is 287 g/mol. The second kappa shape index (κ2) is 4.61. The number of aryl methyl sites for hydroxylation is 1. The Kier molecular flexibility index (Phi) is 2.84. The van der Waals surface area contributed by atoms with Crippen LogP contribution in [0.2, 0.25) is 0 Å². The smallest absolute Gasteiger partial charge is 0.270 e. The Hall–Kier alpha value is -1.78. The van der Waals surface area contributed by atoms with E-state index in [1.54, 1.807) is 0 Å². The van der Waals surface area contributed by atoms with E-state index in [0.717, 1.165) is 25.6 Å². The first kappa shape index (κ1) is 12.9. The first-order valence-corrected chi connectivity index (χ1v) is 7.83. The number of hydrogen-bond donors (Lipinski definition) is 0. The first-order chi connectivity index (χ1) is 10.1. The molecule has 5 heteroatoms. The molecule has 0 spiro atoms. The Morgan fingerprint density at radius 3 is 2.71 bits per heavy atom. The van der Waals surface area contributed by atoms with Gasteiger partial charge in [0.1, 0.15) is 5.69 Å². The summed E-state index contributed by atoms with van der Waals surface area (Å²) in [6.07, 6.45) is 4.43. The zero-order chi connectivity index (χ0) is 14.6. The van der Waals surface area contributed by atoms with Gasteiger partial charge in [-0.25, -0.2) is 0 Å². The second-order valence-electron chi connectivity index (χ2n) is 6.77. The fraction of sp³-hybridized carbons (Fsp3) is 0.625. The predicted molar refractivity (Wildman–Crippen MR) is 77.6 cm³/mol. The first-order valence-electron chi connectivity index (χ1n) is 7.83. The maximum Gasteiger partial charge on any atom is 0.270 e. The Morgan fingerprint density at radius 2 is 2.10 bits per heavy atom. The normalized spacial score (nSPS) is 28.3. The van der Waals surface area contributed by atoms with Crippen LogP contribution in [0.4, 0.5) is 0 Å². The minimum atomic E-state index is 0.0352. The molecule has 112 valence electrons. The van der Waals surface area contributed by atoms with E-state index in [2.05, 4.69) is 0 Å². The van der Waals surface area contributed by atoms with Crippen LogP contribution >= 0.6 is 0 Å². The lowest BCUT2D eigenvalue weighted by atomic mass is 10.0. The number of rotatable bonds is 3. The molecule has 1 aromatic heterocycles. The molecule has 0 radical (unpaired) electrons. The van der Waals surface area contributed by atoms with Gasteiger partial charge in [-0.3, -0.25) is 9.59 Å². The van der Waals surface area contributed by atoms with Crippen LogP contribution in [0.25, 0.3) is 0 Å². The topological polar surface area (TPSA) is 45.6 Å². The molecule has 0 aromatic carbocycles. The highest BCUT2D eigenvalue weighted by atomic mass is 16.2. The Labute approximate surface area is 124 Å². The summed E-state index contributed by atoms with van der Waals surface area (Å²) in [6.45, 7) is 3.10.